The molecule has 0 bridgehead atoms. The third-order valence-electron chi connectivity index (χ3n) is 3.07. The number of carboxylic acid groups (broad SMARTS) is 1. The predicted octanol–water partition coefficient (Wildman–Crippen LogP) is 3.05. The average molecular weight is 250 g/mol. The van der Waals surface area contributed by atoms with Crippen LogP contribution in [0.5, 0.6) is 0 Å². The van der Waals surface area contributed by atoms with Gasteiger partial charge in [-0.3, -0.25) is 5.32 Å². The molecule has 0 fully saturated rings. The summed E-state index contributed by atoms with van der Waals surface area (Å²) in [7, 11) is 0. The molecule has 4 heteroatoms. The summed E-state index contributed by atoms with van der Waals surface area (Å²) >= 11 is 0. The fraction of sp³-hybridized carbons (Fsp3) is 0.500. The highest BCUT2D eigenvalue weighted by atomic mass is 16.4. The third kappa shape index (κ3) is 4.75. The molecule has 18 heavy (non-hydrogen) atoms. The summed E-state index contributed by atoms with van der Waals surface area (Å²) < 4.78 is 0. The molecule has 100 valence electrons. The van der Waals surface area contributed by atoms with Gasteiger partial charge in [-0.25, -0.2) is 4.79 Å². The molecule has 0 spiro atoms. The lowest BCUT2D eigenvalue weighted by molar-refractivity contribution is 0.209. The zero-order chi connectivity index (χ0) is 13.4. The number of amides is 1. The van der Waals surface area contributed by atoms with E-state index in [1.165, 1.54) is 0 Å². The first-order valence-electron chi connectivity index (χ1n) is 6.47. The molecule has 0 aromatic heterocycles. The van der Waals surface area contributed by atoms with Crippen molar-refractivity contribution < 1.29 is 9.90 Å². The molecule has 1 aromatic rings. The largest absolute Gasteiger partial charge is 0.465 e. The number of hydrogen-bond acceptors (Lipinski definition) is 2. The summed E-state index contributed by atoms with van der Waals surface area (Å²) in [5, 5.41) is 11.2. The molecule has 0 aliphatic heterocycles. The normalized spacial score (nSPS) is 10.6. The zero-order valence-corrected chi connectivity index (χ0v) is 11.1. The number of aryl methyl sites for hydroxylation is 1. The van der Waals surface area contributed by atoms with Gasteiger partial charge in [-0.1, -0.05) is 32.0 Å². The maximum atomic E-state index is 10.7. The van der Waals surface area contributed by atoms with Crippen LogP contribution in [0, 0.1) is 0 Å². The molecule has 1 rings (SSSR count). The Balaban J connectivity index is 2.53. The lowest BCUT2D eigenvalue weighted by Crippen LogP contribution is -2.24. The summed E-state index contributed by atoms with van der Waals surface area (Å²) in [5.41, 5.74) is 1.76. The molecule has 0 atom stereocenters. The minimum Gasteiger partial charge on any atom is -0.465 e. The monoisotopic (exact) mass is 250 g/mol. The van der Waals surface area contributed by atoms with Gasteiger partial charge in [0, 0.05) is 5.69 Å². The summed E-state index contributed by atoms with van der Waals surface area (Å²) in [6, 6.07) is 7.58. The number of benzene rings is 1. The van der Waals surface area contributed by atoms with E-state index in [9.17, 15) is 4.79 Å². The van der Waals surface area contributed by atoms with Crippen molar-refractivity contribution in [3.8, 4) is 0 Å². The van der Waals surface area contributed by atoms with Gasteiger partial charge in [0.25, 0.3) is 0 Å². The van der Waals surface area contributed by atoms with E-state index in [2.05, 4.69) is 24.1 Å². The Bertz CT molecular complexity index is 376. The Kier molecular flexibility index (Phi) is 6.22. The van der Waals surface area contributed by atoms with E-state index >= 15 is 0 Å². The summed E-state index contributed by atoms with van der Waals surface area (Å²) in [6.07, 6.45) is 0.929. The van der Waals surface area contributed by atoms with Crippen molar-refractivity contribution in [3.05, 3.63) is 29.8 Å². The van der Waals surface area contributed by atoms with E-state index in [1.54, 1.807) is 6.07 Å². The number of para-hydroxylation sites is 1. The lowest BCUT2D eigenvalue weighted by atomic mass is 10.1. The second-order valence-electron chi connectivity index (χ2n) is 4.22. The Hall–Kier alpha value is -1.55. The molecule has 0 saturated carbocycles. The van der Waals surface area contributed by atoms with Crippen LogP contribution in [0.2, 0.25) is 0 Å². The number of carbonyl (C=O) groups is 1. The first-order chi connectivity index (χ1) is 8.67. The number of rotatable bonds is 7. The maximum absolute atomic E-state index is 10.7. The molecule has 1 amide bonds. The smallest absolute Gasteiger partial charge is 0.409 e. The fourth-order valence-corrected chi connectivity index (χ4v) is 2.01. The van der Waals surface area contributed by atoms with Gasteiger partial charge in [0.2, 0.25) is 0 Å². The van der Waals surface area contributed by atoms with Crippen molar-refractivity contribution in [1.82, 2.24) is 4.90 Å². The van der Waals surface area contributed by atoms with Gasteiger partial charge < -0.3 is 10.0 Å². The van der Waals surface area contributed by atoms with E-state index in [4.69, 9.17) is 5.11 Å². The second-order valence-corrected chi connectivity index (χ2v) is 4.22. The van der Waals surface area contributed by atoms with Crippen molar-refractivity contribution >= 4 is 11.8 Å². The van der Waals surface area contributed by atoms with Crippen LogP contribution in [0.4, 0.5) is 10.5 Å². The molecule has 0 aliphatic carbocycles. The number of nitrogens with zero attached hydrogens (tertiary/aromatic N) is 1. The van der Waals surface area contributed by atoms with E-state index in [-0.39, 0.29) is 0 Å². The van der Waals surface area contributed by atoms with Crippen LogP contribution in [0.25, 0.3) is 0 Å². The Morgan fingerprint density at radius 1 is 1.28 bits per heavy atom. The van der Waals surface area contributed by atoms with Crippen LogP contribution in [0.1, 0.15) is 25.8 Å². The quantitative estimate of drug-likeness (QED) is 0.782. The van der Waals surface area contributed by atoms with Gasteiger partial charge in [-0.05, 0) is 44.1 Å². The second kappa shape index (κ2) is 7.71. The molecule has 0 heterocycles. The highest BCUT2D eigenvalue weighted by Gasteiger charge is 2.05. The van der Waals surface area contributed by atoms with Gasteiger partial charge in [0.15, 0.2) is 0 Å². The summed E-state index contributed by atoms with van der Waals surface area (Å²) in [6.45, 7) is 7.48. The molecule has 0 unspecified atom stereocenters. The molecule has 4 nitrogen and oxygen atoms in total. The van der Waals surface area contributed by atoms with Gasteiger partial charge in [-0.2, -0.15) is 0 Å². The first kappa shape index (κ1) is 14.5. The van der Waals surface area contributed by atoms with Gasteiger partial charge in [0.05, 0.1) is 0 Å². The van der Waals surface area contributed by atoms with Gasteiger partial charge in [-0.15, -0.1) is 0 Å². The van der Waals surface area contributed by atoms with Crippen LogP contribution in [0.3, 0.4) is 0 Å². The average Bonchev–Trinajstić information content (AvgIpc) is 2.36. The van der Waals surface area contributed by atoms with Gasteiger partial charge >= 0.3 is 6.09 Å². The number of anilines is 1. The Morgan fingerprint density at radius 2 is 1.94 bits per heavy atom. The number of hydrogen-bond donors (Lipinski definition) is 2. The summed E-state index contributed by atoms with van der Waals surface area (Å²) in [4.78, 5) is 13.0. The minimum absolute atomic E-state index is 0.699. The topological polar surface area (TPSA) is 52.6 Å². The predicted molar refractivity (Wildman–Crippen MR) is 74.2 cm³/mol. The van der Waals surface area contributed by atoms with Crippen LogP contribution in [0.15, 0.2) is 24.3 Å². The van der Waals surface area contributed by atoms with Crippen molar-refractivity contribution in [2.75, 3.05) is 25.0 Å². The Morgan fingerprint density at radius 3 is 2.56 bits per heavy atom. The van der Waals surface area contributed by atoms with Crippen molar-refractivity contribution in [2.45, 2.75) is 26.7 Å². The zero-order valence-electron chi connectivity index (χ0n) is 11.1. The molecule has 0 aliphatic rings. The fourth-order valence-electron chi connectivity index (χ4n) is 2.01. The molecule has 0 saturated heterocycles. The number of nitrogens with one attached hydrogen (secondary N) is 1. The first-order valence-corrected chi connectivity index (χ1v) is 6.47. The molecular formula is C14H22N2O2. The molecular weight excluding hydrogens is 228 g/mol. The highest BCUT2D eigenvalue weighted by molar-refractivity contribution is 5.83. The van der Waals surface area contributed by atoms with E-state index < -0.39 is 6.09 Å². The molecule has 2 N–H and O–H groups in total. The highest BCUT2D eigenvalue weighted by Crippen LogP contribution is 2.16. The van der Waals surface area contributed by atoms with E-state index in [1.807, 2.05) is 18.2 Å². The minimum atomic E-state index is -1.01. The van der Waals surface area contributed by atoms with E-state index in [0.29, 0.717) is 5.69 Å². The SMILES string of the molecule is CCN(CC)CCCc1ccccc1NC(=O)O. The van der Waals surface area contributed by atoms with Gasteiger partial charge in [0.1, 0.15) is 0 Å². The van der Waals surface area contributed by atoms with Crippen LogP contribution in [-0.2, 0) is 6.42 Å². The summed E-state index contributed by atoms with van der Waals surface area (Å²) in [5.74, 6) is 0. The van der Waals surface area contributed by atoms with Crippen LogP contribution < -0.4 is 5.32 Å². The Labute approximate surface area is 109 Å². The molecule has 0 radical (unpaired) electrons. The maximum Gasteiger partial charge on any atom is 0.409 e. The molecule has 1 aromatic carbocycles. The standard InChI is InChI=1S/C14H22N2O2/c1-3-16(4-2)11-7-9-12-8-5-6-10-13(12)15-14(17)18/h5-6,8,10,15H,3-4,7,9,11H2,1-2H3,(H,17,18). The van der Waals surface area contributed by atoms with Crippen molar-refractivity contribution in [3.63, 3.8) is 0 Å². The lowest BCUT2D eigenvalue weighted by Gasteiger charge is -2.18. The third-order valence-corrected chi connectivity index (χ3v) is 3.07. The van der Waals surface area contributed by atoms with Crippen LogP contribution >= 0.6 is 0 Å². The van der Waals surface area contributed by atoms with Crippen molar-refractivity contribution in [1.29, 1.82) is 0 Å². The van der Waals surface area contributed by atoms with Crippen LogP contribution in [-0.4, -0.2) is 35.7 Å². The van der Waals surface area contributed by atoms with E-state index in [0.717, 1.165) is 38.0 Å². The van der Waals surface area contributed by atoms with Crippen molar-refractivity contribution in [2.24, 2.45) is 0 Å².